The molecule has 1 heterocycles. The molecule has 0 bridgehead atoms. The molecule has 4 heteroatoms. The molecule has 1 N–H and O–H groups in total. The Kier molecular flexibility index (Phi) is 3.98. The second-order valence-electron chi connectivity index (χ2n) is 3.96. The molecule has 0 saturated carbocycles. The van der Waals surface area contributed by atoms with Crippen LogP contribution in [0.25, 0.3) is 11.0 Å². The molecule has 92 valence electrons. The van der Waals surface area contributed by atoms with Gasteiger partial charge >= 0.3 is 0 Å². The number of fused-ring (bicyclic) bond motifs is 1. The first-order chi connectivity index (χ1) is 8.81. The van der Waals surface area contributed by atoms with E-state index in [0.717, 1.165) is 11.8 Å². The zero-order chi connectivity index (χ0) is 12.8. The fraction of sp³-hybridized carbons (Fsp3) is 0.286. The summed E-state index contributed by atoms with van der Waals surface area (Å²) in [5.74, 6) is 2.47. The van der Waals surface area contributed by atoms with Gasteiger partial charge in [-0.25, -0.2) is 0 Å². The van der Waals surface area contributed by atoms with Crippen molar-refractivity contribution in [2.45, 2.75) is 19.3 Å². The molecular formula is C14H14N2O2. The van der Waals surface area contributed by atoms with E-state index in [4.69, 9.17) is 10.9 Å². The molecular weight excluding hydrogens is 228 g/mol. The van der Waals surface area contributed by atoms with E-state index in [9.17, 15) is 4.79 Å². The van der Waals surface area contributed by atoms with Crippen LogP contribution in [0, 0.1) is 12.3 Å². The van der Waals surface area contributed by atoms with Gasteiger partial charge in [0.2, 0.25) is 5.91 Å². The molecule has 18 heavy (non-hydrogen) atoms. The zero-order valence-electron chi connectivity index (χ0n) is 9.98. The van der Waals surface area contributed by atoms with Gasteiger partial charge in [0.15, 0.2) is 5.58 Å². The number of terminal acetylenes is 1. The highest BCUT2D eigenvalue weighted by Crippen LogP contribution is 2.17. The number of carbonyl (C=O) groups excluding carboxylic acids is 1. The lowest BCUT2D eigenvalue weighted by Crippen LogP contribution is -2.26. The Balaban J connectivity index is 1.93. The van der Waals surface area contributed by atoms with Gasteiger partial charge in [-0.3, -0.25) is 4.79 Å². The van der Waals surface area contributed by atoms with E-state index < -0.39 is 0 Å². The van der Waals surface area contributed by atoms with Crippen molar-refractivity contribution >= 4 is 16.9 Å². The third-order valence-electron chi connectivity index (χ3n) is 2.60. The van der Waals surface area contributed by atoms with E-state index in [0.29, 0.717) is 24.2 Å². The van der Waals surface area contributed by atoms with Crippen LogP contribution in [0.1, 0.15) is 18.5 Å². The maximum absolute atomic E-state index is 11.7. The SMILES string of the molecule is C#CCCCNC(=O)Cc1noc2ccccc12. The largest absolute Gasteiger partial charge is 0.356 e. The molecule has 2 rings (SSSR count). The van der Waals surface area contributed by atoms with Crippen molar-refractivity contribution in [3.63, 3.8) is 0 Å². The van der Waals surface area contributed by atoms with Crippen molar-refractivity contribution in [2.24, 2.45) is 0 Å². The molecule has 4 nitrogen and oxygen atoms in total. The van der Waals surface area contributed by atoms with Crippen LogP contribution < -0.4 is 5.32 Å². The third-order valence-corrected chi connectivity index (χ3v) is 2.60. The fourth-order valence-electron chi connectivity index (χ4n) is 1.70. The summed E-state index contributed by atoms with van der Waals surface area (Å²) in [4.78, 5) is 11.7. The van der Waals surface area contributed by atoms with E-state index >= 15 is 0 Å². The van der Waals surface area contributed by atoms with Gasteiger partial charge in [0, 0.05) is 18.4 Å². The summed E-state index contributed by atoms with van der Waals surface area (Å²) in [5, 5.41) is 7.60. The maximum Gasteiger partial charge on any atom is 0.226 e. The van der Waals surface area contributed by atoms with Crippen LogP contribution in [0.3, 0.4) is 0 Å². The topological polar surface area (TPSA) is 55.1 Å². The summed E-state index contributed by atoms with van der Waals surface area (Å²) in [7, 11) is 0. The maximum atomic E-state index is 11.7. The summed E-state index contributed by atoms with van der Waals surface area (Å²) < 4.78 is 5.14. The van der Waals surface area contributed by atoms with Crippen molar-refractivity contribution < 1.29 is 9.32 Å². The quantitative estimate of drug-likeness (QED) is 0.643. The van der Waals surface area contributed by atoms with Gasteiger partial charge < -0.3 is 9.84 Å². The van der Waals surface area contributed by atoms with Crippen LogP contribution in [0.4, 0.5) is 0 Å². The first-order valence-corrected chi connectivity index (χ1v) is 5.84. The number of aromatic nitrogens is 1. The molecule has 1 aromatic carbocycles. The summed E-state index contributed by atoms with van der Waals surface area (Å²) in [5.41, 5.74) is 1.37. The van der Waals surface area contributed by atoms with Crippen molar-refractivity contribution in [3.8, 4) is 12.3 Å². The van der Waals surface area contributed by atoms with Gasteiger partial charge in [-0.15, -0.1) is 12.3 Å². The number of carbonyl (C=O) groups is 1. The Morgan fingerprint density at radius 1 is 1.44 bits per heavy atom. The molecule has 0 aliphatic rings. The van der Waals surface area contributed by atoms with Crippen LogP contribution >= 0.6 is 0 Å². The minimum absolute atomic E-state index is 0.0638. The van der Waals surface area contributed by atoms with Crippen molar-refractivity contribution in [1.82, 2.24) is 10.5 Å². The second-order valence-corrected chi connectivity index (χ2v) is 3.96. The van der Waals surface area contributed by atoms with Crippen LogP contribution in [0.15, 0.2) is 28.8 Å². The number of nitrogens with zero attached hydrogens (tertiary/aromatic N) is 1. The van der Waals surface area contributed by atoms with Crippen LogP contribution in [0.5, 0.6) is 0 Å². The van der Waals surface area contributed by atoms with Gasteiger partial charge in [-0.05, 0) is 18.6 Å². The average Bonchev–Trinajstić information content (AvgIpc) is 2.78. The van der Waals surface area contributed by atoms with Gasteiger partial charge in [0.1, 0.15) is 5.69 Å². The Labute approximate surface area is 105 Å². The standard InChI is InChI=1S/C14H14N2O2/c1-2-3-6-9-15-14(17)10-12-11-7-4-5-8-13(11)18-16-12/h1,4-5,7-8H,3,6,9-10H2,(H,15,17). The Morgan fingerprint density at radius 2 is 2.28 bits per heavy atom. The summed E-state index contributed by atoms with van der Waals surface area (Å²) in [6, 6.07) is 7.49. The molecule has 0 aliphatic heterocycles. The molecule has 2 aromatic rings. The van der Waals surface area contributed by atoms with Crippen LogP contribution in [-0.2, 0) is 11.2 Å². The number of para-hydroxylation sites is 1. The number of amides is 1. The van der Waals surface area contributed by atoms with Crippen molar-refractivity contribution in [3.05, 3.63) is 30.0 Å². The first kappa shape index (κ1) is 12.2. The normalized spacial score (nSPS) is 10.2. The molecule has 0 atom stereocenters. The van der Waals surface area contributed by atoms with E-state index in [1.165, 1.54) is 0 Å². The summed E-state index contributed by atoms with van der Waals surface area (Å²) >= 11 is 0. The van der Waals surface area contributed by atoms with Crippen molar-refractivity contribution in [1.29, 1.82) is 0 Å². The lowest BCUT2D eigenvalue weighted by molar-refractivity contribution is -0.120. The summed E-state index contributed by atoms with van der Waals surface area (Å²) in [6.45, 7) is 0.596. The number of rotatable bonds is 5. The molecule has 0 radical (unpaired) electrons. The Bertz CT molecular complexity index is 581. The fourth-order valence-corrected chi connectivity index (χ4v) is 1.70. The van der Waals surface area contributed by atoms with Gasteiger partial charge in [0.25, 0.3) is 0 Å². The lowest BCUT2D eigenvalue weighted by Gasteiger charge is -2.01. The number of benzene rings is 1. The molecule has 0 spiro atoms. The van der Waals surface area contributed by atoms with E-state index in [1.807, 2.05) is 24.3 Å². The molecule has 0 unspecified atom stereocenters. The predicted molar refractivity (Wildman–Crippen MR) is 68.8 cm³/mol. The number of hydrogen-bond donors (Lipinski definition) is 1. The number of nitrogens with one attached hydrogen (secondary N) is 1. The molecule has 0 saturated heterocycles. The minimum atomic E-state index is -0.0638. The van der Waals surface area contributed by atoms with Crippen molar-refractivity contribution in [2.75, 3.05) is 6.54 Å². The zero-order valence-corrected chi connectivity index (χ0v) is 9.98. The molecule has 1 aromatic heterocycles. The van der Waals surface area contributed by atoms with Gasteiger partial charge in [-0.1, -0.05) is 17.3 Å². The predicted octanol–water partition coefficient (Wildman–Crippen LogP) is 1.90. The second kappa shape index (κ2) is 5.87. The monoisotopic (exact) mass is 242 g/mol. The first-order valence-electron chi connectivity index (χ1n) is 5.84. The van der Waals surface area contributed by atoms with E-state index in [1.54, 1.807) is 0 Å². The van der Waals surface area contributed by atoms with Crippen LogP contribution in [0.2, 0.25) is 0 Å². The summed E-state index contributed by atoms with van der Waals surface area (Å²) in [6.07, 6.45) is 6.83. The van der Waals surface area contributed by atoms with Gasteiger partial charge in [0.05, 0.1) is 6.42 Å². The molecule has 0 fully saturated rings. The average molecular weight is 242 g/mol. The van der Waals surface area contributed by atoms with Crippen LogP contribution in [-0.4, -0.2) is 17.6 Å². The Hall–Kier alpha value is -2.28. The minimum Gasteiger partial charge on any atom is -0.356 e. The number of unbranched alkanes of at least 4 members (excludes halogenated alkanes) is 1. The number of hydrogen-bond acceptors (Lipinski definition) is 3. The lowest BCUT2D eigenvalue weighted by atomic mass is 10.1. The highest BCUT2D eigenvalue weighted by atomic mass is 16.5. The van der Waals surface area contributed by atoms with E-state index in [-0.39, 0.29) is 12.3 Å². The smallest absolute Gasteiger partial charge is 0.226 e. The highest BCUT2D eigenvalue weighted by molar-refractivity contribution is 5.86. The third kappa shape index (κ3) is 2.89. The van der Waals surface area contributed by atoms with Gasteiger partial charge in [-0.2, -0.15) is 0 Å². The molecule has 1 amide bonds. The Morgan fingerprint density at radius 3 is 3.11 bits per heavy atom. The van der Waals surface area contributed by atoms with E-state index in [2.05, 4.69) is 16.4 Å². The highest BCUT2D eigenvalue weighted by Gasteiger charge is 2.11. The molecule has 0 aliphatic carbocycles.